The van der Waals surface area contributed by atoms with Crippen molar-refractivity contribution < 1.29 is 19.1 Å². The molecule has 0 N–H and O–H groups in total. The number of hydrogen-bond donors (Lipinski definition) is 0. The SMILES string of the molecule is CCOC(=O)/C=C/CC1(C(C)=O)CCc2ccccc2C1=O. The number of benzene rings is 1. The highest BCUT2D eigenvalue weighted by molar-refractivity contribution is 6.15. The van der Waals surface area contributed by atoms with Gasteiger partial charge in [-0.15, -0.1) is 0 Å². The number of ketones is 2. The second kappa shape index (κ2) is 6.69. The summed E-state index contributed by atoms with van der Waals surface area (Å²) in [7, 11) is 0. The number of carbonyl (C=O) groups excluding carboxylic acids is 3. The van der Waals surface area contributed by atoms with E-state index in [1.807, 2.05) is 12.1 Å². The first kappa shape index (κ1) is 16.1. The molecule has 116 valence electrons. The molecule has 1 aliphatic carbocycles. The molecule has 1 atom stereocenters. The fourth-order valence-corrected chi connectivity index (χ4v) is 2.90. The normalized spacial score (nSPS) is 20.7. The molecule has 0 radical (unpaired) electrons. The summed E-state index contributed by atoms with van der Waals surface area (Å²) in [6, 6.07) is 7.39. The van der Waals surface area contributed by atoms with E-state index >= 15 is 0 Å². The van der Waals surface area contributed by atoms with Crippen molar-refractivity contribution in [2.24, 2.45) is 5.41 Å². The molecule has 0 heterocycles. The number of allylic oxidation sites excluding steroid dienone is 1. The van der Waals surface area contributed by atoms with E-state index in [9.17, 15) is 14.4 Å². The van der Waals surface area contributed by atoms with Crippen molar-refractivity contribution >= 4 is 17.5 Å². The van der Waals surface area contributed by atoms with Crippen molar-refractivity contribution in [2.45, 2.75) is 33.1 Å². The molecule has 1 unspecified atom stereocenters. The summed E-state index contributed by atoms with van der Waals surface area (Å²) in [5, 5.41) is 0. The molecule has 0 spiro atoms. The Labute approximate surface area is 130 Å². The van der Waals surface area contributed by atoms with Crippen molar-refractivity contribution in [3.8, 4) is 0 Å². The molecule has 0 saturated heterocycles. The average molecular weight is 300 g/mol. The average Bonchev–Trinajstić information content (AvgIpc) is 2.50. The minimum absolute atomic E-state index is 0.143. The lowest BCUT2D eigenvalue weighted by atomic mass is 9.66. The quantitative estimate of drug-likeness (QED) is 0.476. The molecule has 0 saturated carbocycles. The zero-order valence-electron chi connectivity index (χ0n) is 12.9. The van der Waals surface area contributed by atoms with E-state index in [2.05, 4.69) is 0 Å². The minimum atomic E-state index is -1.06. The number of Topliss-reactive ketones (excluding diaryl/α,β-unsaturated/α-hetero) is 2. The Morgan fingerprint density at radius 1 is 1.32 bits per heavy atom. The van der Waals surface area contributed by atoms with E-state index in [-0.39, 0.29) is 18.0 Å². The molecule has 0 aliphatic heterocycles. The summed E-state index contributed by atoms with van der Waals surface area (Å²) in [5.41, 5.74) is 0.546. The topological polar surface area (TPSA) is 60.4 Å². The predicted octanol–water partition coefficient (Wildman–Crippen LogP) is 2.90. The van der Waals surface area contributed by atoms with Crippen LogP contribution in [0.5, 0.6) is 0 Å². The second-order valence-corrected chi connectivity index (χ2v) is 5.48. The fraction of sp³-hybridized carbons (Fsp3) is 0.389. The maximum atomic E-state index is 12.8. The molecule has 4 heteroatoms. The summed E-state index contributed by atoms with van der Waals surface area (Å²) in [6.45, 7) is 3.47. The summed E-state index contributed by atoms with van der Waals surface area (Å²) in [4.78, 5) is 36.3. The van der Waals surface area contributed by atoms with Gasteiger partial charge < -0.3 is 4.74 Å². The molecule has 0 amide bonds. The molecule has 1 aromatic carbocycles. The van der Waals surface area contributed by atoms with Gasteiger partial charge in [0.25, 0.3) is 0 Å². The van der Waals surface area contributed by atoms with Crippen LogP contribution < -0.4 is 0 Å². The summed E-state index contributed by atoms with van der Waals surface area (Å²) in [6.07, 6.45) is 4.27. The number of aryl methyl sites for hydroxylation is 1. The van der Waals surface area contributed by atoms with Crippen LogP contribution in [0.4, 0.5) is 0 Å². The maximum Gasteiger partial charge on any atom is 0.330 e. The third-order valence-electron chi connectivity index (χ3n) is 4.20. The van der Waals surface area contributed by atoms with Gasteiger partial charge in [-0.1, -0.05) is 30.3 Å². The molecule has 1 aromatic rings. The molecule has 0 aromatic heterocycles. The van der Waals surface area contributed by atoms with Crippen LogP contribution in [0.1, 0.15) is 42.6 Å². The standard InChI is InChI=1S/C18H20O4/c1-3-22-16(20)9-6-11-18(13(2)19)12-10-14-7-4-5-8-15(14)17(18)21/h4-9H,3,10-12H2,1-2H3/b9-6+. The van der Waals surface area contributed by atoms with Crippen LogP contribution in [0, 0.1) is 5.41 Å². The molecule has 22 heavy (non-hydrogen) atoms. The Bertz CT molecular complexity index is 630. The zero-order valence-corrected chi connectivity index (χ0v) is 12.9. The largest absolute Gasteiger partial charge is 0.463 e. The molecular formula is C18H20O4. The van der Waals surface area contributed by atoms with E-state index in [0.29, 0.717) is 25.0 Å². The summed E-state index contributed by atoms with van der Waals surface area (Å²) < 4.78 is 4.81. The smallest absolute Gasteiger partial charge is 0.330 e. The Kier molecular flexibility index (Phi) is 4.91. The minimum Gasteiger partial charge on any atom is -0.463 e. The van der Waals surface area contributed by atoms with E-state index in [0.717, 1.165) is 5.56 Å². The van der Waals surface area contributed by atoms with Gasteiger partial charge in [0, 0.05) is 11.6 Å². The maximum absolute atomic E-state index is 12.8. The molecule has 4 nitrogen and oxygen atoms in total. The highest BCUT2D eigenvalue weighted by atomic mass is 16.5. The van der Waals surface area contributed by atoms with Crippen molar-refractivity contribution in [2.75, 3.05) is 6.61 Å². The number of hydrogen-bond acceptors (Lipinski definition) is 4. The lowest BCUT2D eigenvalue weighted by molar-refractivity contribution is -0.137. The van der Waals surface area contributed by atoms with E-state index in [1.165, 1.54) is 13.0 Å². The lowest BCUT2D eigenvalue weighted by Crippen LogP contribution is -2.41. The van der Waals surface area contributed by atoms with Crippen LogP contribution in [0.2, 0.25) is 0 Å². The first-order chi connectivity index (χ1) is 10.5. The van der Waals surface area contributed by atoms with Gasteiger partial charge in [0.2, 0.25) is 0 Å². The van der Waals surface area contributed by atoms with Crippen molar-refractivity contribution in [1.82, 2.24) is 0 Å². The zero-order chi connectivity index (χ0) is 16.2. The van der Waals surface area contributed by atoms with Crippen molar-refractivity contribution in [3.63, 3.8) is 0 Å². The van der Waals surface area contributed by atoms with Gasteiger partial charge in [0.1, 0.15) is 5.78 Å². The lowest BCUT2D eigenvalue weighted by Gasteiger charge is -2.33. The summed E-state index contributed by atoms with van der Waals surface area (Å²) >= 11 is 0. The van der Waals surface area contributed by atoms with Crippen molar-refractivity contribution in [1.29, 1.82) is 0 Å². The van der Waals surface area contributed by atoms with E-state index in [1.54, 1.807) is 25.1 Å². The summed E-state index contributed by atoms with van der Waals surface area (Å²) in [5.74, 6) is -0.749. The van der Waals surface area contributed by atoms with Gasteiger partial charge in [-0.25, -0.2) is 4.79 Å². The third kappa shape index (κ3) is 3.01. The molecule has 0 bridgehead atoms. The van der Waals surface area contributed by atoms with Gasteiger partial charge in [0.15, 0.2) is 5.78 Å². The highest BCUT2D eigenvalue weighted by Gasteiger charge is 2.45. The van der Waals surface area contributed by atoms with Crippen LogP contribution in [-0.2, 0) is 20.7 Å². The van der Waals surface area contributed by atoms with Crippen LogP contribution in [0.25, 0.3) is 0 Å². The second-order valence-electron chi connectivity index (χ2n) is 5.48. The number of rotatable bonds is 5. The number of carbonyl (C=O) groups is 3. The van der Waals surface area contributed by atoms with Gasteiger partial charge in [-0.05, 0) is 38.7 Å². The predicted molar refractivity (Wildman–Crippen MR) is 82.6 cm³/mol. The Hall–Kier alpha value is -2.23. The van der Waals surface area contributed by atoms with Crippen LogP contribution in [0.3, 0.4) is 0 Å². The number of esters is 1. The van der Waals surface area contributed by atoms with Gasteiger partial charge >= 0.3 is 5.97 Å². The third-order valence-corrected chi connectivity index (χ3v) is 4.20. The number of fused-ring (bicyclic) bond motifs is 1. The van der Waals surface area contributed by atoms with Crippen LogP contribution >= 0.6 is 0 Å². The van der Waals surface area contributed by atoms with E-state index in [4.69, 9.17) is 4.74 Å². The molecule has 1 aliphatic rings. The Morgan fingerprint density at radius 2 is 2.05 bits per heavy atom. The van der Waals surface area contributed by atoms with Crippen LogP contribution in [-0.4, -0.2) is 24.1 Å². The molecule has 2 rings (SSSR count). The van der Waals surface area contributed by atoms with Crippen molar-refractivity contribution in [3.05, 3.63) is 47.5 Å². The first-order valence-corrected chi connectivity index (χ1v) is 7.48. The number of ether oxygens (including phenoxy) is 1. The monoisotopic (exact) mass is 300 g/mol. The first-order valence-electron chi connectivity index (χ1n) is 7.48. The van der Waals surface area contributed by atoms with Gasteiger partial charge in [-0.2, -0.15) is 0 Å². The van der Waals surface area contributed by atoms with E-state index < -0.39 is 11.4 Å². The molecular weight excluding hydrogens is 280 g/mol. The van der Waals surface area contributed by atoms with Gasteiger partial charge in [0.05, 0.1) is 12.0 Å². The Morgan fingerprint density at radius 3 is 2.73 bits per heavy atom. The van der Waals surface area contributed by atoms with Crippen LogP contribution in [0.15, 0.2) is 36.4 Å². The highest BCUT2D eigenvalue weighted by Crippen LogP contribution is 2.39. The fourth-order valence-electron chi connectivity index (χ4n) is 2.90. The molecule has 0 fully saturated rings. The Balaban J connectivity index is 2.26. The van der Waals surface area contributed by atoms with Gasteiger partial charge in [-0.3, -0.25) is 9.59 Å².